The summed E-state index contributed by atoms with van der Waals surface area (Å²) in [5.74, 6) is 0.152. The molecule has 0 aliphatic rings. The molecule has 3 nitrogen and oxygen atoms in total. The molecule has 0 fully saturated rings. The Kier molecular flexibility index (Phi) is 6.55. The smallest absolute Gasteiger partial charge is 0.120 e. The minimum atomic E-state index is -0.757. The normalized spacial score (nSPS) is 11.7. The van der Waals surface area contributed by atoms with E-state index in [-0.39, 0.29) is 5.75 Å². The highest BCUT2D eigenvalue weighted by atomic mass is 16.3. The van der Waals surface area contributed by atoms with Crippen molar-refractivity contribution >= 4 is 0 Å². The van der Waals surface area contributed by atoms with Crippen LogP contribution in [0.15, 0.2) is 68.8 Å². The molecule has 3 heteroatoms. The summed E-state index contributed by atoms with van der Waals surface area (Å²) in [4.78, 5) is 0. The molecule has 1 rings (SSSR count). The predicted octanol–water partition coefficient (Wildman–Crippen LogP) is 4.00. The molecule has 0 saturated carbocycles. The van der Waals surface area contributed by atoms with Gasteiger partial charge < -0.3 is 16.6 Å². The van der Waals surface area contributed by atoms with Crippen LogP contribution in [-0.2, 0) is 11.1 Å². The summed E-state index contributed by atoms with van der Waals surface area (Å²) in [7, 11) is 0. The van der Waals surface area contributed by atoms with E-state index in [9.17, 15) is 5.11 Å². The Labute approximate surface area is 139 Å². The number of hydrogen-bond donors (Lipinski definition) is 3. The van der Waals surface area contributed by atoms with Crippen LogP contribution in [0.25, 0.3) is 0 Å². The third kappa shape index (κ3) is 4.21. The van der Waals surface area contributed by atoms with E-state index in [0.717, 1.165) is 5.56 Å². The molecule has 0 saturated heterocycles. The van der Waals surface area contributed by atoms with Gasteiger partial charge in [0.2, 0.25) is 0 Å². The Morgan fingerprint density at radius 1 is 0.826 bits per heavy atom. The first-order valence-electron chi connectivity index (χ1n) is 7.72. The van der Waals surface area contributed by atoms with Gasteiger partial charge in [0.05, 0.1) is 5.54 Å². The molecule has 5 N–H and O–H groups in total. The van der Waals surface area contributed by atoms with Crippen molar-refractivity contribution in [2.24, 2.45) is 11.5 Å². The fourth-order valence-corrected chi connectivity index (χ4v) is 2.90. The van der Waals surface area contributed by atoms with Crippen LogP contribution in [0.5, 0.6) is 5.75 Å². The van der Waals surface area contributed by atoms with Crippen LogP contribution < -0.4 is 11.5 Å². The molecule has 0 aliphatic carbocycles. The first-order valence-corrected chi connectivity index (χ1v) is 7.72. The highest BCUT2D eigenvalue weighted by Crippen LogP contribution is 2.37. The van der Waals surface area contributed by atoms with Gasteiger partial charge in [-0.1, -0.05) is 30.4 Å². The predicted molar refractivity (Wildman–Crippen MR) is 99.1 cm³/mol. The van der Waals surface area contributed by atoms with E-state index in [1.54, 1.807) is 30.4 Å². The Bertz CT molecular complexity index is 569. The fraction of sp³-hybridized carbons (Fsp3) is 0.300. The van der Waals surface area contributed by atoms with Crippen LogP contribution >= 0.6 is 0 Å². The molecule has 1 aromatic carbocycles. The van der Waals surface area contributed by atoms with E-state index in [0.29, 0.717) is 31.2 Å². The molecule has 0 amide bonds. The third-order valence-electron chi connectivity index (χ3n) is 4.14. The molecule has 0 aliphatic heterocycles. The van der Waals surface area contributed by atoms with Gasteiger partial charge in [0.15, 0.2) is 0 Å². The maximum absolute atomic E-state index is 10.3. The van der Waals surface area contributed by atoms with Gasteiger partial charge in [-0.2, -0.15) is 0 Å². The van der Waals surface area contributed by atoms with Crippen LogP contribution in [0.3, 0.4) is 0 Å². The van der Waals surface area contributed by atoms with Crippen LogP contribution in [-0.4, -0.2) is 5.11 Å². The monoisotopic (exact) mass is 312 g/mol. The SMILES string of the molecule is C=CCC(N)(CC=C)c1ccc(O)c(C(N)(CC=C)CC=C)c1. The lowest BCUT2D eigenvalue weighted by molar-refractivity contribution is 0.401. The van der Waals surface area contributed by atoms with Crippen LogP contribution in [0, 0.1) is 0 Å². The maximum atomic E-state index is 10.3. The lowest BCUT2D eigenvalue weighted by Gasteiger charge is -2.32. The Morgan fingerprint density at radius 3 is 1.70 bits per heavy atom. The zero-order valence-corrected chi connectivity index (χ0v) is 13.8. The van der Waals surface area contributed by atoms with Gasteiger partial charge >= 0.3 is 0 Å². The zero-order valence-electron chi connectivity index (χ0n) is 13.8. The van der Waals surface area contributed by atoms with Crippen molar-refractivity contribution < 1.29 is 5.11 Å². The molecular formula is C20H28N2O. The molecule has 0 aromatic heterocycles. The first-order chi connectivity index (χ1) is 10.9. The summed E-state index contributed by atoms with van der Waals surface area (Å²) < 4.78 is 0. The average molecular weight is 312 g/mol. The standard InChI is InChI=1S/C20H28N2O/c1-5-11-19(21,12-6-2)16-9-10-18(23)17(15-16)20(22,13-7-3)14-8-4/h5-10,15,23H,1-4,11-14,21-22H2. The molecule has 124 valence electrons. The fourth-order valence-electron chi connectivity index (χ4n) is 2.90. The van der Waals surface area contributed by atoms with E-state index >= 15 is 0 Å². The minimum Gasteiger partial charge on any atom is -0.508 e. The van der Waals surface area contributed by atoms with E-state index in [4.69, 9.17) is 11.5 Å². The van der Waals surface area contributed by atoms with E-state index < -0.39 is 11.1 Å². The number of benzene rings is 1. The largest absolute Gasteiger partial charge is 0.508 e. The number of phenolic OH excluding ortho intramolecular Hbond substituents is 1. The minimum absolute atomic E-state index is 0.152. The van der Waals surface area contributed by atoms with Gasteiger partial charge in [0.25, 0.3) is 0 Å². The number of nitrogens with two attached hydrogens (primary N) is 2. The lowest BCUT2D eigenvalue weighted by Crippen LogP contribution is -2.38. The molecular weight excluding hydrogens is 284 g/mol. The summed E-state index contributed by atoms with van der Waals surface area (Å²) >= 11 is 0. The van der Waals surface area contributed by atoms with Gasteiger partial charge in [-0.3, -0.25) is 0 Å². The zero-order chi connectivity index (χ0) is 17.5. The summed E-state index contributed by atoms with van der Waals surface area (Å²) in [6.07, 6.45) is 9.33. The van der Waals surface area contributed by atoms with Gasteiger partial charge in [0, 0.05) is 11.1 Å². The average Bonchev–Trinajstić information content (AvgIpc) is 2.48. The Balaban J connectivity index is 3.45. The molecule has 0 spiro atoms. The summed E-state index contributed by atoms with van der Waals surface area (Å²) in [5.41, 5.74) is 13.2. The molecule has 0 radical (unpaired) electrons. The van der Waals surface area contributed by atoms with Crippen LogP contribution in [0.2, 0.25) is 0 Å². The van der Waals surface area contributed by atoms with E-state index in [1.165, 1.54) is 0 Å². The van der Waals surface area contributed by atoms with Crippen molar-refractivity contribution in [3.05, 3.63) is 79.9 Å². The van der Waals surface area contributed by atoms with Crippen LogP contribution in [0.4, 0.5) is 0 Å². The number of hydrogen-bond acceptors (Lipinski definition) is 3. The van der Waals surface area contributed by atoms with Crippen molar-refractivity contribution in [1.82, 2.24) is 0 Å². The molecule has 0 atom stereocenters. The lowest BCUT2D eigenvalue weighted by atomic mass is 9.78. The summed E-state index contributed by atoms with van der Waals surface area (Å²) in [6.45, 7) is 15.1. The van der Waals surface area contributed by atoms with Gasteiger partial charge in [-0.15, -0.1) is 26.3 Å². The van der Waals surface area contributed by atoms with Gasteiger partial charge in [-0.05, 0) is 43.4 Å². The highest BCUT2D eigenvalue weighted by molar-refractivity contribution is 5.44. The molecule has 0 heterocycles. The quantitative estimate of drug-likeness (QED) is 0.572. The summed E-state index contributed by atoms with van der Waals surface area (Å²) in [5, 5.41) is 10.3. The summed E-state index contributed by atoms with van der Waals surface area (Å²) in [6, 6.07) is 5.36. The number of aromatic hydroxyl groups is 1. The third-order valence-corrected chi connectivity index (χ3v) is 4.14. The molecule has 23 heavy (non-hydrogen) atoms. The topological polar surface area (TPSA) is 72.3 Å². The number of phenols is 1. The second kappa shape index (κ2) is 7.95. The van der Waals surface area contributed by atoms with Crippen molar-refractivity contribution in [2.45, 2.75) is 36.8 Å². The van der Waals surface area contributed by atoms with Crippen molar-refractivity contribution in [3.63, 3.8) is 0 Å². The Hall–Kier alpha value is -2.10. The second-order valence-electron chi connectivity index (χ2n) is 6.02. The molecule has 0 bridgehead atoms. The van der Waals surface area contributed by atoms with Gasteiger partial charge in [0.1, 0.15) is 5.75 Å². The maximum Gasteiger partial charge on any atom is 0.120 e. The Morgan fingerprint density at radius 2 is 1.26 bits per heavy atom. The molecule has 1 aromatic rings. The van der Waals surface area contributed by atoms with Crippen molar-refractivity contribution in [2.75, 3.05) is 0 Å². The van der Waals surface area contributed by atoms with Crippen molar-refractivity contribution in [3.8, 4) is 5.75 Å². The van der Waals surface area contributed by atoms with E-state index in [1.807, 2.05) is 12.1 Å². The number of rotatable bonds is 10. The highest BCUT2D eigenvalue weighted by Gasteiger charge is 2.31. The van der Waals surface area contributed by atoms with Gasteiger partial charge in [-0.25, -0.2) is 0 Å². The first kappa shape index (κ1) is 18.9. The van der Waals surface area contributed by atoms with Crippen molar-refractivity contribution in [1.29, 1.82) is 0 Å². The molecule has 0 unspecified atom stereocenters. The van der Waals surface area contributed by atoms with E-state index in [2.05, 4.69) is 26.3 Å². The second-order valence-corrected chi connectivity index (χ2v) is 6.02. The van der Waals surface area contributed by atoms with Crippen LogP contribution in [0.1, 0.15) is 36.8 Å².